The molecule has 0 saturated carbocycles. The number of hydrogen-bond donors (Lipinski definition) is 0. The molecule has 0 aliphatic carbocycles. The summed E-state index contributed by atoms with van der Waals surface area (Å²) in [7, 11) is 0. The summed E-state index contributed by atoms with van der Waals surface area (Å²) in [6.45, 7) is 8.21. The highest BCUT2D eigenvalue weighted by Crippen LogP contribution is 2.30. The first kappa shape index (κ1) is 13.3. The molecule has 0 aliphatic heterocycles. The minimum atomic E-state index is -0.114. The quantitative estimate of drug-likeness (QED) is 0.737. The number of carbonyl (C=O) groups excluding carboxylic acids is 1. The monoisotopic (exact) mass is 250 g/mol. The first-order chi connectivity index (χ1) is 9.15. The van der Waals surface area contributed by atoms with E-state index in [2.05, 4.69) is 25.6 Å². The summed E-state index contributed by atoms with van der Waals surface area (Å²) in [5, 5.41) is 0. The molecule has 2 rings (SSSR count). The van der Waals surface area contributed by atoms with Crippen LogP contribution in [0.3, 0.4) is 0 Å². The van der Waals surface area contributed by atoms with Gasteiger partial charge in [0, 0.05) is 5.92 Å². The molecule has 0 saturated heterocycles. The minimum Gasteiger partial charge on any atom is -0.303 e. The lowest BCUT2D eigenvalue weighted by Gasteiger charge is -2.15. The molecule has 0 heterocycles. The lowest BCUT2D eigenvalue weighted by atomic mass is 9.88. The van der Waals surface area contributed by atoms with Crippen LogP contribution in [0, 0.1) is 6.92 Å². The maximum absolute atomic E-state index is 11.1. The molecule has 0 N–H and O–H groups in total. The van der Waals surface area contributed by atoms with Gasteiger partial charge in [-0.3, -0.25) is 0 Å². The van der Waals surface area contributed by atoms with Crippen LogP contribution < -0.4 is 0 Å². The Morgan fingerprint density at radius 1 is 1.05 bits per heavy atom. The van der Waals surface area contributed by atoms with Gasteiger partial charge in [0.15, 0.2) is 0 Å². The smallest absolute Gasteiger partial charge is 0.127 e. The maximum Gasteiger partial charge on any atom is 0.127 e. The third-order valence-electron chi connectivity index (χ3n) is 3.45. The van der Waals surface area contributed by atoms with E-state index >= 15 is 0 Å². The highest BCUT2D eigenvalue weighted by atomic mass is 16.1. The summed E-state index contributed by atoms with van der Waals surface area (Å²) in [5.74, 6) is -0.114. The van der Waals surface area contributed by atoms with E-state index < -0.39 is 0 Å². The minimum absolute atomic E-state index is 0.114. The predicted octanol–water partition coefficient (Wildman–Crippen LogP) is 4.36. The van der Waals surface area contributed by atoms with E-state index in [4.69, 9.17) is 0 Å². The predicted molar refractivity (Wildman–Crippen MR) is 80.2 cm³/mol. The van der Waals surface area contributed by atoms with Crippen molar-refractivity contribution in [2.45, 2.75) is 19.8 Å². The van der Waals surface area contributed by atoms with Gasteiger partial charge >= 0.3 is 0 Å². The molecule has 0 aromatic heterocycles. The molecule has 19 heavy (non-hydrogen) atoms. The van der Waals surface area contributed by atoms with Crippen LogP contribution in [0.5, 0.6) is 0 Å². The second-order valence-electron chi connectivity index (χ2n) is 4.81. The van der Waals surface area contributed by atoms with Crippen molar-refractivity contribution < 1.29 is 4.79 Å². The Morgan fingerprint density at radius 3 is 2.26 bits per heavy atom. The van der Waals surface area contributed by atoms with E-state index in [0.29, 0.717) is 0 Å². The summed E-state index contributed by atoms with van der Waals surface area (Å²) in [6, 6.07) is 16.2. The number of rotatable bonds is 4. The number of aryl methyl sites for hydroxylation is 1. The van der Waals surface area contributed by atoms with E-state index in [1.54, 1.807) is 0 Å². The van der Waals surface area contributed by atoms with Crippen molar-refractivity contribution in [3.05, 3.63) is 77.4 Å². The van der Waals surface area contributed by atoms with Crippen molar-refractivity contribution >= 4 is 11.9 Å². The van der Waals surface area contributed by atoms with E-state index in [1.165, 1.54) is 5.56 Å². The van der Waals surface area contributed by atoms with Crippen molar-refractivity contribution in [3.8, 4) is 0 Å². The molecule has 0 radical (unpaired) electrons. The SMILES string of the molecule is C=C(c1ccccc1C)c1ccccc1C(C)C=O. The number of hydrogen-bond acceptors (Lipinski definition) is 1. The second-order valence-corrected chi connectivity index (χ2v) is 4.81. The number of benzene rings is 2. The third kappa shape index (κ3) is 2.65. The molecule has 1 nitrogen and oxygen atoms in total. The molecular weight excluding hydrogens is 232 g/mol. The van der Waals surface area contributed by atoms with Crippen LogP contribution >= 0.6 is 0 Å². The van der Waals surface area contributed by atoms with Gasteiger partial charge in [-0.2, -0.15) is 0 Å². The molecule has 1 heteroatoms. The summed E-state index contributed by atoms with van der Waals surface area (Å²) in [4.78, 5) is 11.1. The van der Waals surface area contributed by atoms with Crippen LogP contribution in [0.15, 0.2) is 55.1 Å². The lowest BCUT2D eigenvalue weighted by Crippen LogP contribution is -2.01. The van der Waals surface area contributed by atoms with Gasteiger partial charge in [0.05, 0.1) is 0 Å². The van der Waals surface area contributed by atoms with Crippen molar-refractivity contribution in [1.29, 1.82) is 0 Å². The first-order valence-corrected chi connectivity index (χ1v) is 6.44. The average Bonchev–Trinajstić information content (AvgIpc) is 2.46. The Morgan fingerprint density at radius 2 is 1.63 bits per heavy atom. The van der Waals surface area contributed by atoms with Gasteiger partial charge in [-0.05, 0) is 34.8 Å². The Labute approximate surface area is 114 Å². The van der Waals surface area contributed by atoms with E-state index in [0.717, 1.165) is 28.5 Å². The van der Waals surface area contributed by atoms with Crippen LogP contribution in [-0.4, -0.2) is 6.29 Å². The number of aldehydes is 1. The topological polar surface area (TPSA) is 17.1 Å². The summed E-state index contributed by atoms with van der Waals surface area (Å²) in [6.07, 6.45) is 0.976. The Kier molecular flexibility index (Phi) is 3.96. The Bertz CT molecular complexity index is 611. The lowest BCUT2D eigenvalue weighted by molar-refractivity contribution is -0.108. The maximum atomic E-state index is 11.1. The van der Waals surface area contributed by atoms with Crippen LogP contribution in [0.25, 0.3) is 5.57 Å². The average molecular weight is 250 g/mol. The molecule has 0 fully saturated rings. The molecule has 2 aromatic carbocycles. The molecule has 0 spiro atoms. The molecule has 1 atom stereocenters. The second kappa shape index (κ2) is 5.66. The van der Waals surface area contributed by atoms with Gasteiger partial charge < -0.3 is 4.79 Å². The normalized spacial score (nSPS) is 11.9. The van der Waals surface area contributed by atoms with Gasteiger partial charge in [-0.1, -0.05) is 62.0 Å². The van der Waals surface area contributed by atoms with E-state index in [1.807, 2.05) is 43.3 Å². The molecule has 2 aromatic rings. The van der Waals surface area contributed by atoms with E-state index in [9.17, 15) is 4.79 Å². The largest absolute Gasteiger partial charge is 0.303 e. The fourth-order valence-corrected chi connectivity index (χ4v) is 2.30. The highest BCUT2D eigenvalue weighted by molar-refractivity contribution is 5.83. The molecule has 1 unspecified atom stereocenters. The summed E-state index contributed by atoms with van der Waals surface area (Å²) in [5.41, 5.74) is 5.39. The van der Waals surface area contributed by atoms with Gasteiger partial charge in [-0.25, -0.2) is 0 Å². The molecule has 0 amide bonds. The van der Waals surface area contributed by atoms with Crippen molar-refractivity contribution in [2.75, 3.05) is 0 Å². The highest BCUT2D eigenvalue weighted by Gasteiger charge is 2.13. The fraction of sp³-hybridized carbons (Fsp3) is 0.167. The zero-order chi connectivity index (χ0) is 13.8. The fourth-order valence-electron chi connectivity index (χ4n) is 2.30. The Balaban J connectivity index is 2.51. The molecular formula is C18H18O. The zero-order valence-corrected chi connectivity index (χ0v) is 11.4. The van der Waals surface area contributed by atoms with Gasteiger partial charge in [-0.15, -0.1) is 0 Å². The number of carbonyl (C=O) groups is 1. The first-order valence-electron chi connectivity index (χ1n) is 6.44. The van der Waals surface area contributed by atoms with E-state index in [-0.39, 0.29) is 5.92 Å². The Hall–Kier alpha value is -2.15. The van der Waals surface area contributed by atoms with Crippen molar-refractivity contribution in [1.82, 2.24) is 0 Å². The standard InChI is InChI=1S/C18H18O/c1-13-8-4-5-9-16(13)15(3)18-11-7-6-10-17(18)14(2)12-19/h4-12,14H,3H2,1-2H3. The van der Waals surface area contributed by atoms with Crippen LogP contribution in [0.2, 0.25) is 0 Å². The van der Waals surface area contributed by atoms with Crippen molar-refractivity contribution in [2.24, 2.45) is 0 Å². The van der Waals surface area contributed by atoms with Crippen LogP contribution in [0.4, 0.5) is 0 Å². The van der Waals surface area contributed by atoms with Crippen LogP contribution in [-0.2, 0) is 4.79 Å². The zero-order valence-electron chi connectivity index (χ0n) is 11.4. The summed E-state index contributed by atoms with van der Waals surface area (Å²) < 4.78 is 0. The summed E-state index contributed by atoms with van der Waals surface area (Å²) >= 11 is 0. The molecule has 0 aliphatic rings. The third-order valence-corrected chi connectivity index (χ3v) is 3.45. The van der Waals surface area contributed by atoms with Crippen LogP contribution in [0.1, 0.15) is 35.1 Å². The van der Waals surface area contributed by atoms with Gasteiger partial charge in [0.25, 0.3) is 0 Å². The molecule has 96 valence electrons. The van der Waals surface area contributed by atoms with Crippen molar-refractivity contribution in [3.63, 3.8) is 0 Å². The molecule has 0 bridgehead atoms. The van der Waals surface area contributed by atoms with Gasteiger partial charge in [0.1, 0.15) is 6.29 Å². The van der Waals surface area contributed by atoms with Gasteiger partial charge in [0.2, 0.25) is 0 Å².